The number of amides is 2. The monoisotopic (exact) mass is 763 g/mol. The maximum absolute atomic E-state index is 14.9. The molecule has 0 bridgehead atoms. The number of alkyl halides is 7. The van der Waals surface area contributed by atoms with Crippen molar-refractivity contribution in [2.45, 2.75) is 83.2 Å². The second-order valence-corrected chi connectivity index (χ2v) is 14.5. The van der Waals surface area contributed by atoms with Gasteiger partial charge in [-0.2, -0.15) is 32.1 Å². The summed E-state index contributed by atoms with van der Waals surface area (Å²) in [6.45, 7) is 3.39. The number of guanidine groups is 1. The van der Waals surface area contributed by atoms with E-state index in [0.717, 1.165) is 40.3 Å². The van der Waals surface area contributed by atoms with Crippen molar-refractivity contribution in [2.75, 3.05) is 6.61 Å². The molecule has 2 aliphatic rings. The van der Waals surface area contributed by atoms with Gasteiger partial charge in [0.1, 0.15) is 29.8 Å². The van der Waals surface area contributed by atoms with Gasteiger partial charge < -0.3 is 15.4 Å². The van der Waals surface area contributed by atoms with E-state index < -0.39 is 77.5 Å². The third-order valence-corrected chi connectivity index (χ3v) is 9.36. The van der Waals surface area contributed by atoms with Gasteiger partial charge in [-0.3, -0.25) is 15.1 Å². The molecule has 0 radical (unpaired) electrons. The van der Waals surface area contributed by atoms with Crippen LogP contribution >= 0.6 is 0 Å². The molecule has 3 N–H and O–H groups in total. The fourth-order valence-corrected chi connectivity index (χ4v) is 6.63. The zero-order valence-corrected chi connectivity index (χ0v) is 29.4. The van der Waals surface area contributed by atoms with Crippen molar-refractivity contribution in [3.63, 3.8) is 0 Å². The minimum Gasteiger partial charge on any atom is -0.447 e. The van der Waals surface area contributed by atoms with E-state index in [9.17, 15) is 40.3 Å². The maximum atomic E-state index is 14.9. The first-order valence-electron chi connectivity index (χ1n) is 16.7. The highest BCUT2D eigenvalue weighted by molar-refractivity contribution is 6.08. The summed E-state index contributed by atoms with van der Waals surface area (Å²) in [6, 6.07) is 7.85. The minimum atomic E-state index is -4.85. The summed E-state index contributed by atoms with van der Waals surface area (Å²) in [5.41, 5.74) is -4.31. The van der Waals surface area contributed by atoms with Gasteiger partial charge in [0.05, 0.1) is 23.5 Å². The van der Waals surface area contributed by atoms with E-state index in [1.54, 1.807) is 24.3 Å². The normalized spacial score (nSPS) is 19.0. The van der Waals surface area contributed by atoms with Gasteiger partial charge >= 0.3 is 18.8 Å². The Balaban J connectivity index is 1.42. The lowest BCUT2D eigenvalue weighted by molar-refractivity contribution is -0.138. The molecule has 1 saturated heterocycles. The number of alkyl carbamates (subject to hydrolysis) is 1. The maximum Gasteiger partial charge on any atom is 0.418 e. The number of aryl methyl sites for hydroxylation is 1. The van der Waals surface area contributed by atoms with Crippen LogP contribution < -0.4 is 10.6 Å². The number of halogens is 7. The van der Waals surface area contributed by atoms with Gasteiger partial charge in [0, 0.05) is 11.8 Å². The van der Waals surface area contributed by atoms with Gasteiger partial charge in [-0.1, -0.05) is 51.1 Å². The van der Waals surface area contributed by atoms with E-state index in [-0.39, 0.29) is 30.7 Å². The van der Waals surface area contributed by atoms with E-state index >= 15 is 0 Å². The molecule has 12 nitrogen and oxygen atoms in total. The number of nitrogens with zero attached hydrogens (tertiary/aromatic N) is 6. The van der Waals surface area contributed by atoms with Gasteiger partial charge in [0.25, 0.3) is 12.3 Å². The first-order chi connectivity index (χ1) is 25.2. The lowest BCUT2D eigenvalue weighted by Gasteiger charge is -2.35. The number of aromatic nitrogens is 5. The van der Waals surface area contributed by atoms with Gasteiger partial charge in [0.15, 0.2) is 5.96 Å². The van der Waals surface area contributed by atoms with Gasteiger partial charge in [-0.25, -0.2) is 27.9 Å². The van der Waals surface area contributed by atoms with Crippen molar-refractivity contribution >= 4 is 18.0 Å². The Labute approximate surface area is 304 Å². The van der Waals surface area contributed by atoms with Crippen LogP contribution in [0.25, 0.3) is 16.8 Å². The average Bonchev–Trinajstić information content (AvgIpc) is 3.38. The van der Waals surface area contributed by atoms with Crippen LogP contribution in [-0.4, -0.2) is 66.0 Å². The Hall–Kier alpha value is -5.49. The molecular weight excluding hydrogens is 727 g/mol. The highest BCUT2D eigenvalue weighted by Crippen LogP contribution is 2.44. The Morgan fingerprint density at radius 1 is 1.04 bits per heavy atom. The lowest BCUT2D eigenvalue weighted by atomic mass is 9.75. The van der Waals surface area contributed by atoms with Gasteiger partial charge in [-0.05, 0) is 60.4 Å². The zero-order chi connectivity index (χ0) is 39.4. The van der Waals surface area contributed by atoms with Crippen LogP contribution in [0.5, 0.6) is 0 Å². The molecule has 288 valence electrons. The van der Waals surface area contributed by atoms with Crippen LogP contribution in [0.4, 0.5) is 35.5 Å². The first kappa shape index (κ1) is 38.2. The SMILES string of the molecule is Cc1ncnn1-c1cc([C@@H](COC(=O)NC2(C(F)F)CC2)N2C(=N)N[C@](CC(C)(C)C)(c3ccc(-c4cnn(C(F)F)c4)cc3)C2=O)ccc1C(F)(F)F. The van der Waals surface area contributed by atoms with E-state index in [0.29, 0.717) is 21.4 Å². The summed E-state index contributed by atoms with van der Waals surface area (Å²) in [5, 5.41) is 21.8. The fraction of sp³-hybridized carbons (Fsp3) is 0.429. The molecule has 2 atom stereocenters. The highest BCUT2D eigenvalue weighted by Gasteiger charge is 2.55. The van der Waals surface area contributed by atoms with E-state index in [1.807, 2.05) is 20.8 Å². The van der Waals surface area contributed by atoms with E-state index in [4.69, 9.17) is 10.1 Å². The topological polar surface area (TPSA) is 143 Å². The van der Waals surface area contributed by atoms with Crippen LogP contribution in [0.2, 0.25) is 0 Å². The lowest BCUT2D eigenvalue weighted by Crippen LogP contribution is -2.47. The molecule has 2 aromatic carbocycles. The molecule has 54 heavy (non-hydrogen) atoms. The molecule has 6 rings (SSSR count). The van der Waals surface area contributed by atoms with Crippen molar-refractivity contribution in [3.8, 4) is 16.8 Å². The fourth-order valence-electron chi connectivity index (χ4n) is 6.63. The van der Waals surface area contributed by atoms with E-state index in [2.05, 4.69) is 25.8 Å². The summed E-state index contributed by atoms with van der Waals surface area (Å²) < 4.78 is 103. The molecule has 3 heterocycles. The van der Waals surface area contributed by atoms with Crippen molar-refractivity contribution in [3.05, 3.63) is 83.7 Å². The van der Waals surface area contributed by atoms with Crippen molar-refractivity contribution < 1.29 is 45.1 Å². The van der Waals surface area contributed by atoms with Crippen LogP contribution in [-0.2, 0) is 21.2 Å². The Kier molecular flexibility index (Phi) is 9.72. The number of hydrogen-bond donors (Lipinski definition) is 3. The molecule has 2 fully saturated rings. The number of carbonyl (C=O) groups is 2. The molecule has 1 aliphatic carbocycles. The molecule has 0 spiro atoms. The Morgan fingerprint density at radius 3 is 2.26 bits per heavy atom. The molecule has 19 heteroatoms. The molecule has 2 amide bonds. The smallest absolute Gasteiger partial charge is 0.418 e. The summed E-state index contributed by atoms with van der Waals surface area (Å²) >= 11 is 0. The highest BCUT2D eigenvalue weighted by atomic mass is 19.4. The van der Waals surface area contributed by atoms with Gasteiger partial charge in [0.2, 0.25) is 0 Å². The number of rotatable bonds is 11. The number of benzene rings is 2. The van der Waals surface area contributed by atoms with Crippen LogP contribution in [0.1, 0.15) is 75.1 Å². The predicted molar refractivity (Wildman–Crippen MR) is 179 cm³/mol. The molecular formula is C35H36F7N9O3. The quantitative estimate of drug-likeness (QED) is 0.138. The molecule has 2 aromatic heterocycles. The van der Waals surface area contributed by atoms with Crippen molar-refractivity contribution in [1.82, 2.24) is 40.1 Å². The van der Waals surface area contributed by atoms with Gasteiger partial charge in [-0.15, -0.1) is 0 Å². The van der Waals surface area contributed by atoms with Crippen LogP contribution in [0.3, 0.4) is 0 Å². The summed E-state index contributed by atoms with van der Waals surface area (Å²) in [7, 11) is 0. The number of hydrogen-bond acceptors (Lipinski definition) is 7. The zero-order valence-electron chi connectivity index (χ0n) is 29.4. The second kappa shape index (κ2) is 13.7. The summed E-state index contributed by atoms with van der Waals surface area (Å²) in [4.78, 5) is 32.6. The average molecular weight is 764 g/mol. The second-order valence-electron chi connectivity index (χ2n) is 14.5. The van der Waals surface area contributed by atoms with Crippen LogP contribution in [0.15, 0.2) is 61.2 Å². The molecule has 4 aromatic rings. The first-order valence-corrected chi connectivity index (χ1v) is 16.7. The van der Waals surface area contributed by atoms with Crippen molar-refractivity contribution in [1.29, 1.82) is 5.41 Å². The summed E-state index contributed by atoms with van der Waals surface area (Å²) in [5.74, 6) is -1.10. The minimum absolute atomic E-state index is 0.00453. The standard InChI is InChI=1S/C35H36F7N9O3/c1-19-44-18-46-51(19)25-13-21(7-10-24(25)35(40,41)42)26(16-54-31(53)48-33(11-12-33)27(36)37)50-28(52)34(47-30(50)43,17-32(2,3)4)23-8-5-20(6-9-23)22-14-45-49(15-22)29(38)39/h5-10,13-15,18,26-27,29H,11-12,16-17H2,1-4H3,(H2,43,47)(H,48,53)/t26-,34-/m1/s1. The number of carbonyl (C=O) groups excluding carboxylic acids is 2. The van der Waals surface area contributed by atoms with E-state index in [1.165, 1.54) is 13.1 Å². The molecule has 1 saturated carbocycles. The number of ether oxygens (including phenoxy) is 1. The Morgan fingerprint density at radius 2 is 1.72 bits per heavy atom. The molecule has 1 aliphatic heterocycles. The molecule has 0 unspecified atom stereocenters. The third-order valence-electron chi connectivity index (χ3n) is 9.36. The van der Waals surface area contributed by atoms with Crippen molar-refractivity contribution in [2.24, 2.45) is 5.41 Å². The largest absolute Gasteiger partial charge is 0.447 e. The Bertz CT molecular complexity index is 2050. The van der Waals surface area contributed by atoms with Crippen LogP contribution in [0, 0.1) is 17.7 Å². The number of nitrogens with one attached hydrogen (secondary N) is 3. The predicted octanol–water partition coefficient (Wildman–Crippen LogP) is 7.12. The third kappa shape index (κ3) is 7.35. The summed E-state index contributed by atoms with van der Waals surface area (Å²) in [6.07, 6.45) is -5.40.